The van der Waals surface area contributed by atoms with E-state index in [0.29, 0.717) is 11.8 Å². The van der Waals surface area contributed by atoms with Crippen molar-refractivity contribution in [2.24, 2.45) is 0 Å². The Labute approximate surface area is 125 Å². The van der Waals surface area contributed by atoms with Gasteiger partial charge in [0.25, 0.3) is 5.91 Å². The van der Waals surface area contributed by atoms with E-state index in [9.17, 15) is 9.59 Å². The van der Waals surface area contributed by atoms with Gasteiger partial charge in [0.2, 0.25) is 0 Å². The predicted octanol–water partition coefficient (Wildman–Crippen LogP) is 2.98. The molecule has 2 N–H and O–H groups in total. The van der Waals surface area contributed by atoms with Crippen LogP contribution in [-0.4, -0.2) is 24.6 Å². The van der Waals surface area contributed by atoms with E-state index in [0.717, 1.165) is 16.8 Å². The molecule has 2 amide bonds. The lowest BCUT2D eigenvalue weighted by Gasteiger charge is -2.21. The van der Waals surface area contributed by atoms with E-state index in [1.165, 1.54) is 0 Å². The number of amides is 2. The Morgan fingerprint density at radius 1 is 1.24 bits per heavy atom. The molecule has 1 fully saturated rings. The molecule has 0 bridgehead atoms. The molecule has 1 saturated heterocycles. The molecule has 1 unspecified atom stereocenters. The van der Waals surface area contributed by atoms with E-state index < -0.39 is 12.1 Å². The lowest BCUT2D eigenvalue weighted by molar-refractivity contribution is -0.117. The first-order valence-electron chi connectivity index (χ1n) is 7.27. The highest BCUT2D eigenvalue weighted by Crippen LogP contribution is 2.32. The predicted molar refractivity (Wildman–Crippen MR) is 81.5 cm³/mol. The van der Waals surface area contributed by atoms with Gasteiger partial charge in [0, 0.05) is 5.69 Å². The van der Waals surface area contributed by atoms with Crippen LogP contribution in [0.2, 0.25) is 0 Å². The summed E-state index contributed by atoms with van der Waals surface area (Å²) in [6.45, 7) is 8.45. The van der Waals surface area contributed by atoms with Crippen LogP contribution in [0.1, 0.15) is 50.7 Å². The molecule has 5 nitrogen and oxygen atoms in total. The van der Waals surface area contributed by atoms with Crippen LogP contribution in [0.5, 0.6) is 0 Å². The van der Waals surface area contributed by atoms with Gasteiger partial charge in [0.15, 0.2) is 0 Å². The fourth-order valence-electron chi connectivity index (χ4n) is 2.43. The Morgan fingerprint density at radius 2 is 1.81 bits per heavy atom. The molecule has 0 saturated carbocycles. The van der Waals surface area contributed by atoms with Crippen molar-refractivity contribution in [2.75, 3.05) is 11.9 Å². The topological polar surface area (TPSA) is 67.4 Å². The first kappa shape index (κ1) is 15.4. The number of hydrogen-bond acceptors (Lipinski definition) is 3. The Kier molecular flexibility index (Phi) is 4.50. The number of rotatable bonds is 4. The molecule has 21 heavy (non-hydrogen) atoms. The highest BCUT2D eigenvalue weighted by Gasteiger charge is 2.29. The molecule has 5 heteroatoms. The Balaban J connectivity index is 2.29. The number of hydrogen-bond donors (Lipinski definition) is 2. The van der Waals surface area contributed by atoms with Crippen LogP contribution in [-0.2, 0) is 9.53 Å². The number of cyclic esters (lactones) is 1. The molecular weight excluding hydrogens is 268 g/mol. The second-order valence-electron chi connectivity index (χ2n) is 5.91. The number of para-hydroxylation sites is 1. The molecule has 1 heterocycles. The summed E-state index contributed by atoms with van der Waals surface area (Å²) >= 11 is 0. The molecular formula is C16H22N2O3. The quantitative estimate of drug-likeness (QED) is 0.895. The molecule has 0 radical (unpaired) electrons. The lowest BCUT2D eigenvalue weighted by Crippen LogP contribution is -2.39. The van der Waals surface area contributed by atoms with Crippen molar-refractivity contribution in [1.82, 2.24) is 5.32 Å². The fraction of sp³-hybridized carbons (Fsp3) is 0.500. The average Bonchev–Trinajstić information content (AvgIpc) is 2.85. The number of alkyl carbamates (subject to hydrolysis) is 1. The number of anilines is 1. The maximum atomic E-state index is 12.3. The molecule has 0 spiro atoms. The molecule has 1 aromatic rings. The van der Waals surface area contributed by atoms with Gasteiger partial charge in [-0.25, -0.2) is 4.79 Å². The van der Waals surface area contributed by atoms with Crippen LogP contribution in [0.25, 0.3) is 0 Å². The summed E-state index contributed by atoms with van der Waals surface area (Å²) in [7, 11) is 0. The second-order valence-corrected chi connectivity index (χ2v) is 5.91. The van der Waals surface area contributed by atoms with Crippen molar-refractivity contribution in [2.45, 2.75) is 45.6 Å². The monoisotopic (exact) mass is 290 g/mol. The van der Waals surface area contributed by atoms with Gasteiger partial charge in [-0.1, -0.05) is 45.9 Å². The molecule has 1 aromatic carbocycles. The van der Waals surface area contributed by atoms with Crippen molar-refractivity contribution in [3.63, 3.8) is 0 Å². The van der Waals surface area contributed by atoms with Gasteiger partial charge in [-0.05, 0) is 23.0 Å². The summed E-state index contributed by atoms with van der Waals surface area (Å²) in [4.78, 5) is 23.4. The van der Waals surface area contributed by atoms with E-state index in [2.05, 4.69) is 38.3 Å². The van der Waals surface area contributed by atoms with E-state index in [-0.39, 0.29) is 12.5 Å². The van der Waals surface area contributed by atoms with Gasteiger partial charge in [-0.15, -0.1) is 0 Å². The smallest absolute Gasteiger partial charge is 0.407 e. The van der Waals surface area contributed by atoms with Gasteiger partial charge < -0.3 is 15.4 Å². The van der Waals surface area contributed by atoms with Crippen LogP contribution in [0.15, 0.2) is 18.2 Å². The Hall–Kier alpha value is -2.04. The number of nitrogens with one attached hydrogen (secondary N) is 2. The second kappa shape index (κ2) is 6.16. The minimum atomic E-state index is -0.627. The number of carbonyl (C=O) groups excluding carboxylic acids is 2. The van der Waals surface area contributed by atoms with Crippen LogP contribution in [0.3, 0.4) is 0 Å². The van der Waals surface area contributed by atoms with Crippen molar-refractivity contribution < 1.29 is 14.3 Å². The molecule has 0 aliphatic carbocycles. The van der Waals surface area contributed by atoms with Crippen molar-refractivity contribution in [3.8, 4) is 0 Å². The molecule has 1 aliphatic rings. The van der Waals surface area contributed by atoms with Gasteiger partial charge in [-0.3, -0.25) is 4.79 Å². The van der Waals surface area contributed by atoms with Gasteiger partial charge in [0.1, 0.15) is 12.6 Å². The summed E-state index contributed by atoms with van der Waals surface area (Å²) in [5.74, 6) is 0.359. The summed E-state index contributed by atoms with van der Waals surface area (Å²) in [5.41, 5.74) is 3.05. The summed E-state index contributed by atoms with van der Waals surface area (Å²) in [6.07, 6.45) is -0.545. The maximum absolute atomic E-state index is 12.3. The molecule has 114 valence electrons. The Bertz CT molecular complexity index is 526. The maximum Gasteiger partial charge on any atom is 0.407 e. The zero-order valence-electron chi connectivity index (χ0n) is 12.9. The zero-order valence-corrected chi connectivity index (χ0v) is 12.9. The van der Waals surface area contributed by atoms with E-state index in [4.69, 9.17) is 4.74 Å². The number of carbonyl (C=O) groups is 2. The summed E-state index contributed by atoms with van der Waals surface area (Å²) in [5, 5.41) is 5.47. The largest absolute Gasteiger partial charge is 0.447 e. The SMILES string of the molecule is CC(C)c1cccc(C(C)C)c1NC(=O)C1COC(=O)N1. The molecule has 1 aliphatic heterocycles. The standard InChI is InChI=1S/C16H22N2O3/c1-9(2)11-6-5-7-12(10(3)4)14(11)18-15(19)13-8-21-16(20)17-13/h5-7,9-10,13H,8H2,1-4H3,(H,17,20)(H,18,19). The summed E-state index contributed by atoms with van der Waals surface area (Å²) in [6, 6.07) is 5.43. The van der Waals surface area contributed by atoms with Gasteiger partial charge >= 0.3 is 6.09 Å². The molecule has 0 aromatic heterocycles. The first-order chi connectivity index (χ1) is 9.90. The van der Waals surface area contributed by atoms with Crippen LogP contribution in [0, 0.1) is 0 Å². The van der Waals surface area contributed by atoms with E-state index in [1.807, 2.05) is 18.2 Å². The van der Waals surface area contributed by atoms with Crippen molar-refractivity contribution in [3.05, 3.63) is 29.3 Å². The lowest BCUT2D eigenvalue weighted by atomic mass is 9.92. The van der Waals surface area contributed by atoms with Gasteiger partial charge in [0.05, 0.1) is 0 Å². The highest BCUT2D eigenvalue weighted by atomic mass is 16.6. The highest BCUT2D eigenvalue weighted by molar-refractivity contribution is 5.99. The zero-order chi connectivity index (χ0) is 15.6. The van der Waals surface area contributed by atoms with Crippen LogP contribution >= 0.6 is 0 Å². The first-order valence-corrected chi connectivity index (χ1v) is 7.27. The third-order valence-electron chi connectivity index (χ3n) is 3.61. The van der Waals surface area contributed by atoms with E-state index in [1.54, 1.807) is 0 Å². The molecule has 2 rings (SSSR count). The minimum Gasteiger partial charge on any atom is -0.447 e. The van der Waals surface area contributed by atoms with Crippen LogP contribution < -0.4 is 10.6 Å². The average molecular weight is 290 g/mol. The Morgan fingerprint density at radius 3 is 2.24 bits per heavy atom. The fourth-order valence-corrected chi connectivity index (χ4v) is 2.43. The third kappa shape index (κ3) is 3.35. The van der Waals surface area contributed by atoms with Crippen molar-refractivity contribution in [1.29, 1.82) is 0 Å². The number of benzene rings is 1. The molecule has 1 atom stereocenters. The number of ether oxygens (including phenoxy) is 1. The summed E-state index contributed by atoms with van der Waals surface area (Å²) < 4.78 is 4.77. The third-order valence-corrected chi connectivity index (χ3v) is 3.61. The van der Waals surface area contributed by atoms with Gasteiger partial charge in [-0.2, -0.15) is 0 Å². The van der Waals surface area contributed by atoms with Crippen LogP contribution in [0.4, 0.5) is 10.5 Å². The van der Waals surface area contributed by atoms with Crippen molar-refractivity contribution >= 4 is 17.7 Å². The normalized spacial score (nSPS) is 17.8. The minimum absolute atomic E-state index is 0.0749. The van der Waals surface area contributed by atoms with E-state index >= 15 is 0 Å².